The first-order valence-electron chi connectivity index (χ1n) is 11.8. The zero-order chi connectivity index (χ0) is 24.6. The number of rotatable bonds is 10. The van der Waals surface area contributed by atoms with Gasteiger partial charge in [0.25, 0.3) is 0 Å². The number of nitrogens with zero attached hydrogens (tertiary/aromatic N) is 1. The number of ether oxygens (including phenoxy) is 2. The van der Waals surface area contributed by atoms with Gasteiger partial charge >= 0.3 is 6.03 Å². The van der Waals surface area contributed by atoms with Crippen LogP contribution in [0.1, 0.15) is 42.4 Å². The number of imidazole rings is 1. The summed E-state index contributed by atoms with van der Waals surface area (Å²) < 4.78 is 11.0. The number of benzene rings is 3. The van der Waals surface area contributed by atoms with Gasteiger partial charge in [-0.3, -0.25) is 0 Å². The molecule has 4 rings (SSSR count). The average molecular weight is 473 g/mol. The third kappa shape index (κ3) is 6.61. The Morgan fingerprint density at radius 3 is 2.40 bits per heavy atom. The van der Waals surface area contributed by atoms with Crippen molar-refractivity contribution < 1.29 is 14.3 Å². The number of nitrogens with one attached hydrogen (secondary N) is 3. The zero-order valence-electron chi connectivity index (χ0n) is 20.4. The van der Waals surface area contributed by atoms with Crippen LogP contribution in [0.25, 0.3) is 11.0 Å². The molecule has 3 aromatic carbocycles. The number of hydrogen-bond acceptors (Lipinski definition) is 4. The molecule has 35 heavy (non-hydrogen) atoms. The fourth-order valence-corrected chi connectivity index (χ4v) is 3.86. The minimum atomic E-state index is -0.338. The van der Waals surface area contributed by atoms with Gasteiger partial charge in [-0.2, -0.15) is 0 Å². The first-order valence-corrected chi connectivity index (χ1v) is 11.8. The maximum Gasteiger partial charge on any atom is 0.315 e. The molecule has 2 amide bonds. The minimum absolute atomic E-state index is 0.141. The van der Waals surface area contributed by atoms with Gasteiger partial charge in [0.05, 0.1) is 36.9 Å². The van der Waals surface area contributed by atoms with Crippen LogP contribution < -0.4 is 15.4 Å². The van der Waals surface area contributed by atoms with E-state index in [0.717, 1.165) is 33.5 Å². The van der Waals surface area contributed by atoms with Crippen LogP contribution in [-0.4, -0.2) is 29.2 Å². The van der Waals surface area contributed by atoms with Crippen molar-refractivity contribution in [3.05, 3.63) is 95.3 Å². The summed E-state index contributed by atoms with van der Waals surface area (Å²) in [4.78, 5) is 21.1. The molecule has 182 valence electrons. The predicted molar refractivity (Wildman–Crippen MR) is 137 cm³/mol. The number of fused-ring (bicyclic) bond motifs is 1. The van der Waals surface area contributed by atoms with Gasteiger partial charge in [-0.25, -0.2) is 9.78 Å². The number of para-hydroxylation sites is 2. The minimum Gasteiger partial charge on any atom is -0.497 e. The monoisotopic (exact) mass is 472 g/mol. The third-order valence-corrected chi connectivity index (χ3v) is 5.77. The number of urea groups is 1. The number of amides is 2. The molecule has 0 aliphatic carbocycles. The van der Waals surface area contributed by atoms with E-state index < -0.39 is 0 Å². The molecule has 3 N–H and O–H groups in total. The molecule has 0 spiro atoms. The van der Waals surface area contributed by atoms with Gasteiger partial charge in [-0.1, -0.05) is 48.5 Å². The molecule has 4 aromatic rings. The van der Waals surface area contributed by atoms with Crippen LogP contribution in [0, 0.1) is 0 Å². The van der Waals surface area contributed by atoms with Crippen molar-refractivity contribution in [2.24, 2.45) is 0 Å². The average Bonchev–Trinajstić information content (AvgIpc) is 3.31. The lowest BCUT2D eigenvalue weighted by molar-refractivity contribution is 0.0652. The number of aromatic nitrogens is 2. The van der Waals surface area contributed by atoms with E-state index in [1.807, 2.05) is 86.6 Å². The summed E-state index contributed by atoms with van der Waals surface area (Å²) in [5, 5.41) is 6.10. The van der Waals surface area contributed by atoms with E-state index in [-0.39, 0.29) is 18.2 Å². The van der Waals surface area contributed by atoms with E-state index in [2.05, 4.69) is 15.6 Å². The van der Waals surface area contributed by atoms with Crippen molar-refractivity contribution in [1.29, 1.82) is 0 Å². The summed E-state index contributed by atoms with van der Waals surface area (Å²) in [6.45, 7) is 4.93. The molecule has 0 fully saturated rings. The van der Waals surface area contributed by atoms with E-state index in [0.29, 0.717) is 25.4 Å². The molecule has 0 aliphatic rings. The molecular weight excluding hydrogens is 440 g/mol. The van der Waals surface area contributed by atoms with Crippen molar-refractivity contribution in [2.75, 3.05) is 7.11 Å². The standard InChI is InChI=1S/C28H32N4O3/c1-19(2)35-18-22-9-5-4-8-21(22)17-29-28(33)32-26(16-20-12-14-23(34-3)15-13-20)27-30-24-10-6-7-11-25(24)31-27/h4-15,19,26H,16-18H2,1-3H3,(H,30,31)(H2,29,32,33)/t26-/m1/s1. The fourth-order valence-electron chi connectivity index (χ4n) is 3.86. The summed E-state index contributed by atoms with van der Waals surface area (Å²) in [5.41, 5.74) is 4.95. The lowest BCUT2D eigenvalue weighted by Crippen LogP contribution is -2.39. The van der Waals surface area contributed by atoms with Crippen LogP contribution >= 0.6 is 0 Å². The number of hydrogen-bond donors (Lipinski definition) is 3. The summed E-state index contributed by atoms with van der Waals surface area (Å²) in [5.74, 6) is 1.50. The Hall–Kier alpha value is -3.84. The third-order valence-electron chi connectivity index (χ3n) is 5.77. The Balaban J connectivity index is 1.48. The summed E-state index contributed by atoms with van der Waals surface area (Å²) in [6, 6.07) is 23.1. The molecular formula is C28H32N4O3. The lowest BCUT2D eigenvalue weighted by Gasteiger charge is -2.18. The van der Waals surface area contributed by atoms with Crippen molar-refractivity contribution >= 4 is 17.1 Å². The van der Waals surface area contributed by atoms with E-state index in [1.54, 1.807) is 7.11 Å². The van der Waals surface area contributed by atoms with E-state index in [1.165, 1.54) is 0 Å². The first-order chi connectivity index (χ1) is 17.0. The Morgan fingerprint density at radius 2 is 1.69 bits per heavy atom. The first kappa shape index (κ1) is 24.3. The number of carbonyl (C=O) groups excluding carboxylic acids is 1. The van der Waals surface area contributed by atoms with Gasteiger partial charge in [0.2, 0.25) is 0 Å². The smallest absolute Gasteiger partial charge is 0.315 e. The molecule has 0 unspecified atom stereocenters. The quantitative estimate of drug-likeness (QED) is 0.293. The van der Waals surface area contributed by atoms with Crippen molar-refractivity contribution in [3.63, 3.8) is 0 Å². The Bertz CT molecular complexity index is 1220. The summed E-state index contributed by atoms with van der Waals surface area (Å²) >= 11 is 0. The lowest BCUT2D eigenvalue weighted by atomic mass is 10.1. The zero-order valence-corrected chi connectivity index (χ0v) is 20.4. The number of aromatic amines is 1. The molecule has 0 saturated carbocycles. The molecule has 7 nitrogen and oxygen atoms in total. The Morgan fingerprint density at radius 1 is 0.971 bits per heavy atom. The predicted octanol–water partition coefficient (Wildman–Crippen LogP) is 5.28. The SMILES string of the molecule is COc1ccc(C[C@@H](NC(=O)NCc2ccccc2COC(C)C)c2nc3ccccc3[nH]2)cc1. The number of carbonyl (C=O) groups is 1. The van der Waals surface area contributed by atoms with Gasteiger partial charge < -0.3 is 25.1 Å². The summed E-state index contributed by atoms with van der Waals surface area (Å²) in [7, 11) is 1.64. The van der Waals surface area contributed by atoms with Crippen LogP contribution in [0.5, 0.6) is 5.75 Å². The van der Waals surface area contributed by atoms with Gasteiger partial charge in [-0.15, -0.1) is 0 Å². The van der Waals surface area contributed by atoms with Crippen molar-refractivity contribution in [1.82, 2.24) is 20.6 Å². The van der Waals surface area contributed by atoms with Crippen LogP contribution in [-0.2, 0) is 24.3 Å². The highest BCUT2D eigenvalue weighted by atomic mass is 16.5. The van der Waals surface area contributed by atoms with E-state index in [9.17, 15) is 4.79 Å². The Kier molecular flexibility index (Phi) is 8.00. The highest BCUT2D eigenvalue weighted by Crippen LogP contribution is 2.21. The topological polar surface area (TPSA) is 88.3 Å². The second-order valence-electron chi connectivity index (χ2n) is 8.70. The Labute approximate surface area is 205 Å². The second kappa shape index (κ2) is 11.5. The van der Waals surface area contributed by atoms with Gasteiger partial charge in [-0.05, 0) is 61.2 Å². The highest BCUT2D eigenvalue weighted by Gasteiger charge is 2.19. The van der Waals surface area contributed by atoms with Crippen molar-refractivity contribution in [2.45, 2.75) is 45.6 Å². The largest absolute Gasteiger partial charge is 0.497 e. The van der Waals surface area contributed by atoms with E-state index in [4.69, 9.17) is 14.5 Å². The molecule has 0 aliphatic heterocycles. The van der Waals surface area contributed by atoms with Crippen LogP contribution in [0.3, 0.4) is 0 Å². The van der Waals surface area contributed by atoms with E-state index >= 15 is 0 Å². The fraction of sp³-hybridized carbons (Fsp3) is 0.286. The maximum atomic E-state index is 13.0. The van der Waals surface area contributed by atoms with Crippen LogP contribution in [0.4, 0.5) is 4.79 Å². The number of H-pyrrole nitrogens is 1. The normalized spacial score (nSPS) is 12.0. The molecule has 0 bridgehead atoms. The van der Waals surface area contributed by atoms with Crippen molar-refractivity contribution in [3.8, 4) is 5.75 Å². The summed E-state index contributed by atoms with van der Waals surface area (Å²) in [6.07, 6.45) is 0.720. The molecule has 1 aromatic heterocycles. The molecule has 1 heterocycles. The molecule has 0 radical (unpaired) electrons. The second-order valence-corrected chi connectivity index (χ2v) is 8.70. The molecule has 0 saturated heterocycles. The van der Waals surface area contributed by atoms with Crippen LogP contribution in [0.15, 0.2) is 72.8 Å². The van der Waals surface area contributed by atoms with Gasteiger partial charge in [0.1, 0.15) is 11.6 Å². The highest BCUT2D eigenvalue weighted by molar-refractivity contribution is 5.76. The molecule has 7 heteroatoms. The van der Waals surface area contributed by atoms with Gasteiger partial charge in [0.15, 0.2) is 0 Å². The maximum absolute atomic E-state index is 13.0. The van der Waals surface area contributed by atoms with Crippen LogP contribution in [0.2, 0.25) is 0 Å². The molecule has 1 atom stereocenters. The number of methoxy groups -OCH3 is 1. The van der Waals surface area contributed by atoms with Gasteiger partial charge in [0, 0.05) is 6.54 Å².